The summed E-state index contributed by atoms with van der Waals surface area (Å²) in [5.74, 6) is 1.59. The number of piperidine rings is 1. The van der Waals surface area contributed by atoms with Crippen LogP contribution in [0.3, 0.4) is 0 Å². The van der Waals surface area contributed by atoms with Crippen molar-refractivity contribution in [1.29, 1.82) is 0 Å². The fraction of sp³-hybridized carbons (Fsp3) is 0.500. The van der Waals surface area contributed by atoms with Gasteiger partial charge in [-0.05, 0) is 43.1 Å². The highest BCUT2D eigenvalue weighted by Gasteiger charge is 2.46. The Kier molecular flexibility index (Phi) is 5.29. The third kappa shape index (κ3) is 3.43. The molecule has 30 heavy (non-hydrogen) atoms. The first-order valence-electron chi connectivity index (χ1n) is 10.1. The first kappa shape index (κ1) is 20.3. The van der Waals surface area contributed by atoms with E-state index in [0.717, 1.165) is 59.7 Å². The van der Waals surface area contributed by atoms with Crippen molar-refractivity contribution in [3.63, 3.8) is 0 Å². The van der Waals surface area contributed by atoms with Crippen LogP contribution in [-0.2, 0) is 0 Å². The van der Waals surface area contributed by atoms with Crippen molar-refractivity contribution in [3.8, 4) is 0 Å². The third-order valence-corrected chi connectivity index (χ3v) is 8.50. The molecule has 3 aromatic heterocycles. The van der Waals surface area contributed by atoms with E-state index in [1.807, 2.05) is 16.7 Å². The van der Waals surface area contributed by atoms with Crippen LogP contribution < -0.4 is 10.6 Å². The zero-order valence-electron chi connectivity index (χ0n) is 16.6. The SMILES string of the molecule is CC1C[C@@H](N)C2(CCN(c3ncc(Sc4ccnc(Cl)c4Cl)c4nncn34)CC2)C1. The molecule has 2 aliphatic rings. The monoisotopic (exact) mass is 463 g/mol. The molecule has 2 fully saturated rings. The summed E-state index contributed by atoms with van der Waals surface area (Å²) in [6.07, 6.45) is 9.77. The molecule has 0 bridgehead atoms. The Hall–Kier alpha value is -1.61. The molecule has 5 rings (SSSR count). The lowest BCUT2D eigenvalue weighted by molar-refractivity contribution is 0.192. The maximum Gasteiger partial charge on any atom is 0.212 e. The fourth-order valence-electron chi connectivity index (χ4n) is 5.03. The van der Waals surface area contributed by atoms with Crippen molar-refractivity contribution in [3.05, 3.63) is 35.0 Å². The smallest absolute Gasteiger partial charge is 0.212 e. The van der Waals surface area contributed by atoms with Crippen molar-refractivity contribution in [2.45, 2.75) is 48.4 Å². The van der Waals surface area contributed by atoms with Crippen LogP contribution in [-0.4, -0.2) is 43.7 Å². The molecule has 10 heteroatoms. The predicted molar refractivity (Wildman–Crippen MR) is 119 cm³/mol. The average molecular weight is 464 g/mol. The van der Waals surface area contributed by atoms with E-state index >= 15 is 0 Å². The minimum Gasteiger partial charge on any atom is -0.342 e. The number of aromatic nitrogens is 5. The molecule has 3 aromatic rings. The number of hydrogen-bond acceptors (Lipinski definition) is 7. The van der Waals surface area contributed by atoms with Gasteiger partial charge in [0.05, 0.1) is 9.92 Å². The van der Waals surface area contributed by atoms with Crippen LogP contribution in [0.1, 0.15) is 32.6 Å². The van der Waals surface area contributed by atoms with Gasteiger partial charge in [0.15, 0.2) is 5.65 Å². The Bertz CT molecular complexity index is 1080. The van der Waals surface area contributed by atoms with Gasteiger partial charge in [0.2, 0.25) is 5.95 Å². The van der Waals surface area contributed by atoms with E-state index < -0.39 is 0 Å². The van der Waals surface area contributed by atoms with Crippen LogP contribution in [0, 0.1) is 11.3 Å². The van der Waals surface area contributed by atoms with Crippen molar-refractivity contribution >= 4 is 46.6 Å². The molecule has 1 aliphatic carbocycles. The maximum atomic E-state index is 6.52. The van der Waals surface area contributed by atoms with Gasteiger partial charge in [-0.2, -0.15) is 0 Å². The summed E-state index contributed by atoms with van der Waals surface area (Å²) >= 11 is 13.8. The third-order valence-electron chi connectivity index (χ3n) is 6.55. The van der Waals surface area contributed by atoms with Gasteiger partial charge in [0, 0.05) is 36.4 Å². The van der Waals surface area contributed by atoms with E-state index in [1.54, 1.807) is 12.5 Å². The van der Waals surface area contributed by atoms with Gasteiger partial charge in [0.1, 0.15) is 11.5 Å². The lowest BCUT2D eigenvalue weighted by Gasteiger charge is -2.42. The summed E-state index contributed by atoms with van der Waals surface area (Å²) in [7, 11) is 0. The minimum absolute atomic E-state index is 0.283. The Morgan fingerprint density at radius 3 is 2.73 bits per heavy atom. The van der Waals surface area contributed by atoms with Crippen molar-refractivity contribution in [1.82, 2.24) is 24.6 Å². The molecule has 4 heterocycles. The molecule has 0 amide bonds. The summed E-state index contributed by atoms with van der Waals surface area (Å²) < 4.78 is 1.95. The second-order valence-corrected chi connectivity index (χ2v) is 10.3. The number of halogens is 2. The van der Waals surface area contributed by atoms with Gasteiger partial charge in [-0.25, -0.2) is 14.4 Å². The second kappa shape index (κ2) is 7.82. The van der Waals surface area contributed by atoms with Gasteiger partial charge < -0.3 is 10.6 Å². The van der Waals surface area contributed by atoms with Crippen molar-refractivity contribution in [2.75, 3.05) is 18.0 Å². The van der Waals surface area contributed by atoms with Crippen LogP contribution in [0.25, 0.3) is 5.65 Å². The summed E-state index contributed by atoms with van der Waals surface area (Å²) in [5, 5.41) is 9.17. The minimum atomic E-state index is 0.283. The number of anilines is 1. The standard InChI is InChI=1S/C20H23Cl2N7S/c1-12-8-15(23)20(9-12)3-6-28(7-4-20)19-25-10-14(18-27-26-11-29(18)19)30-13-2-5-24-17(22)16(13)21/h2,5,10-12,15H,3-4,6-9,23H2,1H3/t12?,15-/m1/s1. The van der Waals surface area contributed by atoms with Crippen LogP contribution in [0.5, 0.6) is 0 Å². The molecule has 1 spiro atoms. The number of nitrogens with zero attached hydrogens (tertiary/aromatic N) is 6. The van der Waals surface area contributed by atoms with Gasteiger partial charge in [-0.1, -0.05) is 41.9 Å². The van der Waals surface area contributed by atoms with Crippen molar-refractivity contribution < 1.29 is 0 Å². The average Bonchev–Trinajstić information content (AvgIpc) is 3.32. The highest BCUT2D eigenvalue weighted by Crippen LogP contribution is 2.48. The highest BCUT2D eigenvalue weighted by atomic mass is 35.5. The lowest BCUT2D eigenvalue weighted by atomic mass is 9.74. The van der Waals surface area contributed by atoms with Crippen LogP contribution in [0.2, 0.25) is 10.2 Å². The van der Waals surface area contributed by atoms with Crippen LogP contribution >= 0.6 is 35.0 Å². The molecule has 2 N–H and O–H groups in total. The molecule has 158 valence electrons. The zero-order valence-corrected chi connectivity index (χ0v) is 19.0. The zero-order chi connectivity index (χ0) is 20.9. The molecule has 0 aromatic carbocycles. The summed E-state index contributed by atoms with van der Waals surface area (Å²) in [6.45, 7) is 4.21. The molecular formula is C20H23Cl2N7S. The Balaban J connectivity index is 1.40. The van der Waals surface area contributed by atoms with Gasteiger partial charge in [-0.15, -0.1) is 10.2 Å². The van der Waals surface area contributed by atoms with E-state index in [0.29, 0.717) is 11.1 Å². The predicted octanol–water partition coefficient (Wildman–Crippen LogP) is 4.32. The van der Waals surface area contributed by atoms with Crippen LogP contribution in [0.15, 0.2) is 34.6 Å². The summed E-state index contributed by atoms with van der Waals surface area (Å²) in [5.41, 5.74) is 7.56. The molecular weight excluding hydrogens is 441 g/mol. The van der Waals surface area contributed by atoms with E-state index in [-0.39, 0.29) is 10.6 Å². The number of fused-ring (bicyclic) bond motifs is 1. The molecule has 2 atom stereocenters. The highest BCUT2D eigenvalue weighted by molar-refractivity contribution is 7.99. The van der Waals surface area contributed by atoms with E-state index in [2.05, 4.69) is 27.0 Å². The molecule has 1 saturated heterocycles. The largest absolute Gasteiger partial charge is 0.342 e. The second-order valence-electron chi connectivity index (χ2n) is 8.46. The van der Waals surface area contributed by atoms with Gasteiger partial charge in [-0.3, -0.25) is 0 Å². The normalized spacial score (nSPS) is 23.5. The molecule has 1 saturated carbocycles. The first-order valence-corrected chi connectivity index (χ1v) is 11.7. The lowest BCUT2D eigenvalue weighted by Crippen LogP contribution is -2.47. The first-order chi connectivity index (χ1) is 14.5. The topological polar surface area (TPSA) is 85.2 Å². The molecule has 7 nitrogen and oxygen atoms in total. The van der Waals surface area contributed by atoms with E-state index in [4.69, 9.17) is 33.9 Å². The number of nitrogens with two attached hydrogens (primary N) is 1. The number of rotatable bonds is 3. The Morgan fingerprint density at radius 2 is 2.00 bits per heavy atom. The maximum absolute atomic E-state index is 6.52. The fourth-order valence-corrected chi connectivity index (χ4v) is 6.36. The van der Waals surface area contributed by atoms with E-state index in [9.17, 15) is 0 Å². The quantitative estimate of drug-likeness (QED) is 0.578. The molecule has 1 unspecified atom stereocenters. The summed E-state index contributed by atoms with van der Waals surface area (Å²) in [4.78, 5) is 12.8. The number of pyridine rings is 1. The number of hydrogen-bond donors (Lipinski definition) is 1. The Morgan fingerprint density at radius 1 is 1.20 bits per heavy atom. The Labute approximate surface area is 189 Å². The van der Waals surface area contributed by atoms with Gasteiger partial charge in [0.25, 0.3) is 0 Å². The van der Waals surface area contributed by atoms with E-state index in [1.165, 1.54) is 18.2 Å². The summed E-state index contributed by atoms with van der Waals surface area (Å²) in [6, 6.07) is 2.14. The van der Waals surface area contributed by atoms with Crippen molar-refractivity contribution in [2.24, 2.45) is 17.1 Å². The molecule has 0 radical (unpaired) electrons. The van der Waals surface area contributed by atoms with Gasteiger partial charge >= 0.3 is 0 Å². The molecule has 1 aliphatic heterocycles. The van der Waals surface area contributed by atoms with Crippen LogP contribution in [0.4, 0.5) is 5.95 Å².